The number of carboxylic acids is 1. The molecule has 0 atom stereocenters. The molecule has 0 radical (unpaired) electrons. The van der Waals surface area contributed by atoms with E-state index in [0.717, 1.165) is 12.1 Å². The average molecular weight is 731 g/mol. The molecular formula is C28H23ClN8O10S2. The Morgan fingerprint density at radius 1 is 0.796 bits per heavy atom. The van der Waals surface area contributed by atoms with E-state index in [1.54, 1.807) is 0 Å². The zero-order chi connectivity index (χ0) is 35.7. The van der Waals surface area contributed by atoms with Crippen LogP contribution in [-0.2, 0) is 10.1 Å². The highest BCUT2D eigenvalue weighted by atomic mass is 35.5. The second kappa shape index (κ2) is 13.6. The number of anilines is 4. The highest BCUT2D eigenvalue weighted by molar-refractivity contribution is 8.19. The highest BCUT2D eigenvalue weighted by Gasteiger charge is 2.20. The van der Waals surface area contributed by atoms with Crippen molar-refractivity contribution in [3.63, 3.8) is 0 Å². The second-order valence-corrected chi connectivity index (χ2v) is 13.1. The fourth-order valence-electron chi connectivity index (χ4n) is 4.33. The van der Waals surface area contributed by atoms with Crippen LogP contribution in [0.5, 0.6) is 5.75 Å². The molecule has 0 unspecified atom stereocenters. The molecule has 49 heavy (non-hydrogen) atoms. The molecular weight excluding hydrogens is 708 g/mol. The van der Waals surface area contributed by atoms with Crippen molar-refractivity contribution in [3.05, 3.63) is 83.1 Å². The summed E-state index contributed by atoms with van der Waals surface area (Å²) in [4.78, 5) is 35.3. The zero-order valence-corrected chi connectivity index (χ0v) is 27.0. The van der Waals surface area contributed by atoms with Crippen LogP contribution in [-0.4, -0.2) is 70.7 Å². The first-order valence-electron chi connectivity index (χ1n) is 13.4. The monoisotopic (exact) mass is 730 g/mol. The molecule has 4 aromatic carbocycles. The molecule has 254 valence electrons. The molecule has 1 aromatic heterocycles. The Balaban J connectivity index is 1.52. The van der Waals surface area contributed by atoms with E-state index in [1.165, 1.54) is 61.6 Å². The fourth-order valence-corrected chi connectivity index (χ4v) is 5.54. The van der Waals surface area contributed by atoms with E-state index >= 15 is 0 Å². The van der Waals surface area contributed by atoms with Gasteiger partial charge >= 0.3 is 5.97 Å². The van der Waals surface area contributed by atoms with Crippen LogP contribution in [0.25, 0.3) is 10.8 Å². The minimum Gasteiger partial charge on any atom is -0.505 e. The Hall–Kier alpha value is -5.48. The summed E-state index contributed by atoms with van der Waals surface area (Å²) in [7, 11) is -7.42. The van der Waals surface area contributed by atoms with Gasteiger partial charge in [-0.25, -0.2) is 4.79 Å². The molecule has 0 saturated carbocycles. The first-order valence-corrected chi connectivity index (χ1v) is 16.7. The van der Waals surface area contributed by atoms with E-state index in [0.29, 0.717) is 5.69 Å². The number of carboxylic acid groups (broad SMARTS) is 1. The number of azo groups is 1. The zero-order valence-electron chi connectivity index (χ0n) is 24.6. The molecule has 0 saturated heterocycles. The van der Waals surface area contributed by atoms with Crippen molar-refractivity contribution in [2.24, 2.45) is 10.2 Å². The molecule has 0 fully saturated rings. The van der Waals surface area contributed by atoms with Crippen molar-refractivity contribution in [2.45, 2.75) is 9.79 Å². The van der Waals surface area contributed by atoms with Crippen LogP contribution in [0, 0.1) is 0 Å². The third-order valence-electron chi connectivity index (χ3n) is 6.55. The summed E-state index contributed by atoms with van der Waals surface area (Å²) in [5.41, 5.74) is -0.432. The van der Waals surface area contributed by atoms with Crippen molar-refractivity contribution in [2.75, 3.05) is 17.7 Å². The van der Waals surface area contributed by atoms with Gasteiger partial charge in [-0.15, -0.1) is 5.11 Å². The van der Waals surface area contributed by atoms with Crippen molar-refractivity contribution >= 4 is 89.9 Å². The van der Waals surface area contributed by atoms with Crippen LogP contribution in [0.15, 0.2) is 86.7 Å². The number of nitrogens with one attached hydrogen (secondary N) is 3. The van der Waals surface area contributed by atoms with Crippen LogP contribution in [0.2, 0.25) is 5.28 Å². The van der Waals surface area contributed by atoms with E-state index in [4.69, 9.17) is 11.6 Å². The largest absolute Gasteiger partial charge is 0.505 e. The summed E-state index contributed by atoms with van der Waals surface area (Å²) in [6.07, 6.45) is 0. The first-order chi connectivity index (χ1) is 23.0. The predicted octanol–water partition coefficient (Wildman–Crippen LogP) is 6.17. The number of halogens is 1. The molecule has 1 heterocycles. The van der Waals surface area contributed by atoms with E-state index < -0.39 is 43.5 Å². The molecule has 9 N–H and O–H groups in total. The van der Waals surface area contributed by atoms with E-state index in [9.17, 15) is 46.4 Å². The number of fused-ring (bicyclic) bond motifs is 1. The number of aromatic nitrogens is 3. The molecule has 18 nitrogen and oxygen atoms in total. The van der Waals surface area contributed by atoms with Gasteiger partial charge in [0.2, 0.25) is 17.2 Å². The third kappa shape index (κ3) is 8.16. The highest BCUT2D eigenvalue weighted by Crippen LogP contribution is 2.44. The number of phenols is 1. The Morgan fingerprint density at radius 3 is 2.04 bits per heavy atom. The predicted molar refractivity (Wildman–Crippen MR) is 178 cm³/mol. The van der Waals surface area contributed by atoms with E-state index in [1.807, 2.05) is 0 Å². The number of amides is 1. The number of nitrogens with zero attached hydrogens (tertiary/aromatic N) is 5. The number of aromatic hydroxyl groups is 1. The van der Waals surface area contributed by atoms with Crippen LogP contribution in [0.3, 0.4) is 0 Å². The Morgan fingerprint density at radius 2 is 1.45 bits per heavy atom. The minimum atomic E-state index is -4.81. The maximum atomic E-state index is 12.5. The normalized spacial score (nSPS) is 12.2. The standard InChI is InChI=1S/C28H23ClN8O10S2/c1-30-24(39)21-9-14-8-13(25(40)41)2-7-20(14)22(23(21)38)37-36-17-10-16(11-19(12-17)49(45,46)47)32-28-34-26(29)33-27(35-28)31-15-3-5-18(6-4-15)48(42,43)44/h2-12,38,42-44H,1H3,(H,30,39)(H,40,41)(H,45,46,47)(H2,31,32,33,34,35). The van der Waals surface area contributed by atoms with Crippen molar-refractivity contribution < 1.29 is 46.4 Å². The number of aromatic carboxylic acids is 1. The third-order valence-corrected chi connectivity index (χ3v) is 8.46. The number of benzene rings is 4. The first kappa shape index (κ1) is 34.8. The van der Waals surface area contributed by atoms with Crippen LogP contribution < -0.4 is 16.0 Å². The maximum absolute atomic E-state index is 12.5. The van der Waals surface area contributed by atoms with Crippen molar-refractivity contribution in [1.29, 1.82) is 0 Å². The molecule has 1 amide bonds. The van der Waals surface area contributed by atoms with Gasteiger partial charge < -0.3 is 39.8 Å². The lowest BCUT2D eigenvalue weighted by Crippen LogP contribution is -2.17. The average Bonchev–Trinajstić information content (AvgIpc) is 3.02. The molecule has 5 aromatic rings. The van der Waals surface area contributed by atoms with E-state index in [-0.39, 0.29) is 61.0 Å². The van der Waals surface area contributed by atoms with Gasteiger partial charge in [0.25, 0.3) is 16.0 Å². The summed E-state index contributed by atoms with van der Waals surface area (Å²) < 4.78 is 62.3. The van der Waals surface area contributed by atoms with Crippen LogP contribution in [0.4, 0.5) is 34.6 Å². The fraction of sp³-hybridized carbons (Fsp3) is 0.0357. The lowest BCUT2D eigenvalue weighted by molar-refractivity contribution is 0.0696. The van der Waals surface area contributed by atoms with Gasteiger partial charge in [0.05, 0.1) is 26.6 Å². The second-order valence-electron chi connectivity index (χ2n) is 9.88. The Bertz CT molecular complexity index is 2270. The van der Waals surface area contributed by atoms with Gasteiger partial charge in [0, 0.05) is 23.8 Å². The van der Waals surface area contributed by atoms with Gasteiger partial charge in [-0.3, -0.25) is 9.35 Å². The molecule has 5 rings (SSSR count). The molecule has 0 aliphatic rings. The molecule has 0 aliphatic carbocycles. The summed E-state index contributed by atoms with van der Waals surface area (Å²) in [6.45, 7) is 0. The number of carbonyl (C=O) groups excluding carboxylic acids is 1. The number of hydrogen-bond acceptors (Lipinski definition) is 15. The van der Waals surface area contributed by atoms with Crippen LogP contribution >= 0.6 is 22.5 Å². The summed E-state index contributed by atoms with van der Waals surface area (Å²) >= 11 is 6.06. The molecule has 0 bridgehead atoms. The quantitative estimate of drug-likeness (QED) is 0.0573. The smallest absolute Gasteiger partial charge is 0.335 e. The SMILES string of the molecule is CNC(=O)c1cc2cc(C(=O)O)ccc2c(N=Nc2cc(Nc3nc(Cl)nc(Nc4ccc(S(O)(O)O)cc4)n3)cc(S(=O)(=O)O)c2)c1O. The molecule has 21 heteroatoms. The van der Waals surface area contributed by atoms with Crippen molar-refractivity contribution in [1.82, 2.24) is 20.3 Å². The van der Waals surface area contributed by atoms with Gasteiger partial charge in [0.15, 0.2) is 5.75 Å². The molecule has 0 spiro atoms. The number of rotatable bonds is 10. The Labute approximate surface area is 282 Å². The van der Waals surface area contributed by atoms with Gasteiger partial charge in [0.1, 0.15) is 16.6 Å². The van der Waals surface area contributed by atoms with Gasteiger partial charge in [-0.05, 0) is 77.7 Å². The van der Waals surface area contributed by atoms with Gasteiger partial charge in [-0.1, -0.05) is 6.07 Å². The van der Waals surface area contributed by atoms with E-state index in [2.05, 4.69) is 41.1 Å². The maximum Gasteiger partial charge on any atom is 0.335 e. The lowest BCUT2D eigenvalue weighted by Gasteiger charge is -2.19. The minimum absolute atomic E-state index is 0.0333. The summed E-state index contributed by atoms with van der Waals surface area (Å²) in [5.74, 6) is -2.83. The number of carbonyl (C=O) groups is 2. The lowest BCUT2D eigenvalue weighted by atomic mass is 10.0. The summed E-state index contributed by atoms with van der Waals surface area (Å²) in [6, 6.07) is 13.7. The molecule has 0 aliphatic heterocycles. The van der Waals surface area contributed by atoms with Crippen molar-refractivity contribution in [3.8, 4) is 5.75 Å². The topological polar surface area (TPSA) is 289 Å². The Kier molecular flexibility index (Phi) is 9.64. The summed E-state index contributed by atoms with van der Waals surface area (Å²) in [5, 5.41) is 36.4. The van der Waals surface area contributed by atoms with Gasteiger partial charge in [-0.2, -0.15) is 28.5 Å². The number of phenolic OH excluding ortho intramolecular Hbond substituents is 1. The number of hydrogen-bond donors (Lipinski definition) is 9. The van der Waals surface area contributed by atoms with Crippen LogP contribution in [0.1, 0.15) is 20.7 Å².